The molecule has 174 valence electrons. The number of hydrogen-bond acceptors (Lipinski definition) is 3. The number of anilines is 2. The molecule has 2 aromatic carbocycles. The van der Waals surface area contributed by atoms with Gasteiger partial charge in [-0.05, 0) is 57.5 Å². The van der Waals surface area contributed by atoms with E-state index in [1.54, 1.807) is 28.9 Å². The van der Waals surface area contributed by atoms with Gasteiger partial charge in [0.1, 0.15) is 11.6 Å². The number of carbonyl (C=O) groups excluding carboxylic acids is 2. The molecule has 6 nitrogen and oxygen atoms in total. The van der Waals surface area contributed by atoms with Crippen LogP contribution in [0.25, 0.3) is 0 Å². The van der Waals surface area contributed by atoms with Gasteiger partial charge in [-0.2, -0.15) is 5.10 Å². The average Bonchev–Trinajstić information content (AvgIpc) is 3.14. The van der Waals surface area contributed by atoms with Crippen molar-refractivity contribution in [3.05, 3.63) is 76.7 Å². The Morgan fingerprint density at radius 1 is 0.909 bits per heavy atom. The molecule has 1 heterocycles. The van der Waals surface area contributed by atoms with Crippen molar-refractivity contribution in [2.75, 3.05) is 10.6 Å². The number of aryl methyl sites for hydroxylation is 1. The predicted octanol–water partition coefficient (Wildman–Crippen LogP) is 5.89. The maximum Gasteiger partial charge on any atom is 0.258 e. The van der Waals surface area contributed by atoms with Crippen LogP contribution >= 0.6 is 0 Å². The van der Waals surface area contributed by atoms with Gasteiger partial charge in [-0.3, -0.25) is 9.59 Å². The first-order valence-corrected chi connectivity index (χ1v) is 10.9. The van der Waals surface area contributed by atoms with Gasteiger partial charge in [-0.15, -0.1) is 0 Å². The third kappa shape index (κ3) is 5.48. The second-order valence-electron chi connectivity index (χ2n) is 10.2. The van der Waals surface area contributed by atoms with Crippen LogP contribution in [-0.2, 0) is 11.0 Å². The highest BCUT2D eigenvalue weighted by molar-refractivity contribution is 6.07. The van der Waals surface area contributed by atoms with E-state index in [0.29, 0.717) is 17.1 Å². The summed E-state index contributed by atoms with van der Waals surface area (Å²) in [7, 11) is 0. The van der Waals surface area contributed by atoms with E-state index in [9.17, 15) is 14.0 Å². The Morgan fingerprint density at radius 3 is 2.18 bits per heavy atom. The van der Waals surface area contributed by atoms with Crippen LogP contribution in [0.5, 0.6) is 0 Å². The van der Waals surface area contributed by atoms with Crippen LogP contribution in [0, 0.1) is 12.7 Å². The molecular weight excluding hydrogens is 419 g/mol. The molecule has 0 bridgehead atoms. The van der Waals surface area contributed by atoms with Crippen molar-refractivity contribution in [3.63, 3.8) is 0 Å². The van der Waals surface area contributed by atoms with Crippen LogP contribution in [0.1, 0.15) is 73.5 Å². The number of benzene rings is 2. The fourth-order valence-electron chi connectivity index (χ4n) is 3.27. The first kappa shape index (κ1) is 24.2. The molecule has 7 heteroatoms. The molecule has 2 amide bonds. The molecule has 1 aromatic heterocycles. The monoisotopic (exact) mass is 450 g/mol. The SMILES string of the molecule is Cc1ccc(C(=O)Nc2cc(C(C)(C)C)nn2C(C)(C)C)cc1NC(=O)c1ccccc1F. The molecule has 0 aliphatic rings. The lowest BCUT2D eigenvalue weighted by atomic mass is 9.92. The molecule has 0 fully saturated rings. The number of hydrogen-bond donors (Lipinski definition) is 2. The van der Waals surface area contributed by atoms with Gasteiger partial charge < -0.3 is 10.6 Å². The zero-order chi connectivity index (χ0) is 24.6. The fraction of sp³-hybridized carbons (Fsp3) is 0.346. The number of aromatic nitrogens is 2. The van der Waals surface area contributed by atoms with Gasteiger partial charge in [0.15, 0.2) is 0 Å². The van der Waals surface area contributed by atoms with Gasteiger partial charge in [0.25, 0.3) is 11.8 Å². The summed E-state index contributed by atoms with van der Waals surface area (Å²) >= 11 is 0. The maximum absolute atomic E-state index is 14.0. The van der Waals surface area contributed by atoms with Crippen LogP contribution in [-0.4, -0.2) is 21.6 Å². The summed E-state index contributed by atoms with van der Waals surface area (Å²) in [6.45, 7) is 14.1. The summed E-state index contributed by atoms with van der Waals surface area (Å²) in [6, 6.07) is 12.7. The average molecular weight is 451 g/mol. The summed E-state index contributed by atoms with van der Waals surface area (Å²) in [5.74, 6) is -0.918. The number of nitrogens with one attached hydrogen (secondary N) is 2. The lowest BCUT2D eigenvalue weighted by Gasteiger charge is -2.23. The van der Waals surface area contributed by atoms with Crippen molar-refractivity contribution in [2.24, 2.45) is 0 Å². The topological polar surface area (TPSA) is 76.0 Å². The molecule has 3 rings (SSSR count). The van der Waals surface area contributed by atoms with Crippen molar-refractivity contribution in [2.45, 2.75) is 59.4 Å². The number of nitrogens with zero attached hydrogens (tertiary/aromatic N) is 2. The first-order chi connectivity index (χ1) is 15.3. The lowest BCUT2D eigenvalue weighted by molar-refractivity contribution is 0.101. The maximum atomic E-state index is 14.0. The number of amides is 2. The van der Waals surface area contributed by atoms with Gasteiger partial charge in [0, 0.05) is 22.7 Å². The summed E-state index contributed by atoms with van der Waals surface area (Å²) < 4.78 is 15.8. The molecule has 0 saturated carbocycles. The van der Waals surface area contributed by atoms with Gasteiger partial charge in [0.2, 0.25) is 0 Å². The molecule has 2 N–H and O–H groups in total. The van der Waals surface area contributed by atoms with Crippen molar-refractivity contribution < 1.29 is 14.0 Å². The van der Waals surface area contributed by atoms with Crippen molar-refractivity contribution in [1.82, 2.24) is 9.78 Å². The molecule has 0 aliphatic carbocycles. The quantitative estimate of drug-likeness (QED) is 0.521. The van der Waals surface area contributed by atoms with E-state index in [4.69, 9.17) is 5.10 Å². The molecule has 0 unspecified atom stereocenters. The molecule has 0 radical (unpaired) electrons. The molecule has 33 heavy (non-hydrogen) atoms. The molecule has 0 atom stereocenters. The molecular formula is C26H31FN4O2. The molecule has 0 spiro atoms. The first-order valence-electron chi connectivity index (χ1n) is 10.9. The summed E-state index contributed by atoms with van der Waals surface area (Å²) in [6.07, 6.45) is 0. The Hall–Kier alpha value is -3.48. The van der Waals surface area contributed by atoms with Crippen molar-refractivity contribution in [3.8, 4) is 0 Å². The van der Waals surface area contributed by atoms with Crippen LogP contribution in [0.3, 0.4) is 0 Å². The Bertz CT molecular complexity index is 1200. The Balaban J connectivity index is 1.88. The second-order valence-corrected chi connectivity index (χ2v) is 10.2. The zero-order valence-corrected chi connectivity index (χ0v) is 20.2. The minimum Gasteiger partial charge on any atom is -0.322 e. The Labute approximate surface area is 194 Å². The lowest BCUT2D eigenvalue weighted by Crippen LogP contribution is -2.27. The van der Waals surface area contributed by atoms with Gasteiger partial charge in [-0.1, -0.05) is 39.0 Å². The van der Waals surface area contributed by atoms with E-state index in [0.717, 1.165) is 11.3 Å². The molecule has 0 saturated heterocycles. The summed E-state index contributed by atoms with van der Waals surface area (Å²) in [5, 5.41) is 10.4. The highest BCUT2D eigenvalue weighted by Crippen LogP contribution is 2.29. The predicted molar refractivity (Wildman–Crippen MR) is 129 cm³/mol. The number of halogens is 1. The van der Waals surface area contributed by atoms with Crippen LogP contribution in [0.2, 0.25) is 0 Å². The van der Waals surface area contributed by atoms with Crippen LogP contribution < -0.4 is 10.6 Å². The zero-order valence-electron chi connectivity index (χ0n) is 20.2. The highest BCUT2D eigenvalue weighted by atomic mass is 19.1. The third-order valence-corrected chi connectivity index (χ3v) is 5.22. The second kappa shape index (κ2) is 8.81. The smallest absolute Gasteiger partial charge is 0.258 e. The third-order valence-electron chi connectivity index (χ3n) is 5.22. The van der Waals surface area contributed by atoms with E-state index >= 15 is 0 Å². The van der Waals surface area contributed by atoms with E-state index in [1.165, 1.54) is 18.2 Å². The van der Waals surface area contributed by atoms with Crippen molar-refractivity contribution >= 4 is 23.3 Å². The summed E-state index contributed by atoms with van der Waals surface area (Å²) in [5.41, 5.74) is 1.86. The fourth-order valence-corrected chi connectivity index (χ4v) is 3.27. The van der Waals surface area contributed by atoms with Crippen LogP contribution in [0.4, 0.5) is 15.9 Å². The largest absolute Gasteiger partial charge is 0.322 e. The normalized spacial score (nSPS) is 11.9. The minimum atomic E-state index is -0.605. The summed E-state index contributed by atoms with van der Waals surface area (Å²) in [4.78, 5) is 25.6. The molecule has 3 aromatic rings. The Morgan fingerprint density at radius 2 is 1.58 bits per heavy atom. The van der Waals surface area contributed by atoms with Gasteiger partial charge >= 0.3 is 0 Å². The number of carbonyl (C=O) groups is 2. The van der Waals surface area contributed by atoms with E-state index in [-0.39, 0.29) is 22.4 Å². The van der Waals surface area contributed by atoms with E-state index < -0.39 is 11.7 Å². The highest BCUT2D eigenvalue weighted by Gasteiger charge is 2.26. The van der Waals surface area contributed by atoms with Gasteiger partial charge in [-0.25, -0.2) is 9.07 Å². The van der Waals surface area contributed by atoms with E-state index in [2.05, 4.69) is 31.4 Å². The minimum absolute atomic E-state index is 0.0597. The molecule has 0 aliphatic heterocycles. The van der Waals surface area contributed by atoms with E-state index in [1.807, 2.05) is 33.8 Å². The standard InChI is InChI=1S/C26H31FN4O2/c1-16-12-13-17(14-20(16)28-24(33)18-10-8-9-11-19(18)27)23(32)29-22-15-21(25(2,3)4)30-31(22)26(5,6)7/h8-15H,1-7H3,(H,28,33)(H,29,32). The van der Waals surface area contributed by atoms with Gasteiger partial charge in [0.05, 0.1) is 16.8 Å². The van der Waals surface area contributed by atoms with Crippen LogP contribution in [0.15, 0.2) is 48.5 Å². The number of rotatable bonds is 4. The van der Waals surface area contributed by atoms with Crippen molar-refractivity contribution in [1.29, 1.82) is 0 Å². The Kier molecular flexibility index (Phi) is 6.45.